The lowest BCUT2D eigenvalue weighted by Crippen LogP contribution is -2.52. The topological polar surface area (TPSA) is 105 Å². The molecule has 1 saturated heterocycles. The van der Waals surface area contributed by atoms with Gasteiger partial charge in [0.25, 0.3) is 5.69 Å². The number of benzene rings is 1. The van der Waals surface area contributed by atoms with E-state index < -0.39 is 14.9 Å². The summed E-state index contributed by atoms with van der Waals surface area (Å²) in [5.41, 5.74) is 0.808. The summed E-state index contributed by atoms with van der Waals surface area (Å²) >= 11 is 0. The van der Waals surface area contributed by atoms with E-state index in [2.05, 4.69) is 10.3 Å². The minimum Gasteiger partial charge on any atom is -0.384 e. The molecular formula is C15H18N4O4S. The molecule has 24 heavy (non-hydrogen) atoms. The van der Waals surface area contributed by atoms with Gasteiger partial charge in [0, 0.05) is 55.1 Å². The van der Waals surface area contributed by atoms with Crippen LogP contribution in [0.2, 0.25) is 0 Å². The largest absolute Gasteiger partial charge is 0.384 e. The number of sulfonamides is 1. The van der Waals surface area contributed by atoms with E-state index in [1.54, 1.807) is 25.3 Å². The first-order chi connectivity index (χ1) is 11.4. The van der Waals surface area contributed by atoms with Crippen molar-refractivity contribution in [3.05, 3.63) is 40.7 Å². The number of hydrogen-bond acceptors (Lipinski definition) is 6. The van der Waals surface area contributed by atoms with Crippen LogP contribution in [-0.4, -0.2) is 48.0 Å². The van der Waals surface area contributed by atoms with Gasteiger partial charge in [-0.25, -0.2) is 12.7 Å². The average molecular weight is 350 g/mol. The van der Waals surface area contributed by atoms with E-state index >= 15 is 0 Å². The van der Waals surface area contributed by atoms with Crippen LogP contribution in [0.25, 0.3) is 10.8 Å². The maximum Gasteiger partial charge on any atom is 0.278 e. The predicted molar refractivity (Wildman–Crippen MR) is 91.4 cm³/mol. The molecule has 1 aliphatic rings. The number of nitro benzene ring substituents is 1. The van der Waals surface area contributed by atoms with E-state index in [0.717, 1.165) is 11.1 Å². The SMILES string of the molecule is CCS(=O)(=O)N1CC(CNc2ccc([N+](=O)[O-])c3cnccc23)C1. The fourth-order valence-corrected chi connectivity index (χ4v) is 4.05. The van der Waals surface area contributed by atoms with Gasteiger partial charge in [0.2, 0.25) is 10.0 Å². The molecule has 1 aromatic carbocycles. The molecule has 3 rings (SSSR count). The molecule has 2 heterocycles. The minimum absolute atomic E-state index is 0.0208. The normalized spacial score (nSPS) is 16.0. The summed E-state index contributed by atoms with van der Waals surface area (Å²) in [4.78, 5) is 14.6. The van der Waals surface area contributed by atoms with Crippen molar-refractivity contribution >= 4 is 32.2 Å². The van der Waals surface area contributed by atoms with Crippen molar-refractivity contribution < 1.29 is 13.3 Å². The van der Waals surface area contributed by atoms with E-state index in [1.807, 2.05) is 0 Å². The van der Waals surface area contributed by atoms with Crippen molar-refractivity contribution in [3.8, 4) is 0 Å². The third-order valence-electron chi connectivity index (χ3n) is 4.25. The molecule has 1 aromatic heterocycles. The van der Waals surface area contributed by atoms with Gasteiger partial charge in [0.1, 0.15) is 0 Å². The summed E-state index contributed by atoms with van der Waals surface area (Å²) in [6, 6.07) is 4.87. The highest BCUT2D eigenvalue weighted by Crippen LogP contribution is 2.31. The van der Waals surface area contributed by atoms with Gasteiger partial charge in [-0.3, -0.25) is 15.1 Å². The van der Waals surface area contributed by atoms with Crippen LogP contribution in [0, 0.1) is 16.0 Å². The molecule has 0 saturated carbocycles. The Hall–Kier alpha value is -2.26. The molecule has 0 bridgehead atoms. The minimum atomic E-state index is -3.10. The number of anilines is 1. The van der Waals surface area contributed by atoms with Crippen LogP contribution in [0.5, 0.6) is 0 Å². The zero-order chi connectivity index (χ0) is 17.3. The summed E-state index contributed by atoms with van der Waals surface area (Å²) in [6.07, 6.45) is 3.08. The lowest BCUT2D eigenvalue weighted by molar-refractivity contribution is -0.383. The summed E-state index contributed by atoms with van der Waals surface area (Å²) in [6.45, 7) is 3.27. The van der Waals surface area contributed by atoms with E-state index in [4.69, 9.17) is 0 Å². The van der Waals surface area contributed by atoms with E-state index in [1.165, 1.54) is 16.6 Å². The van der Waals surface area contributed by atoms with Gasteiger partial charge in [0.15, 0.2) is 0 Å². The summed E-state index contributed by atoms with van der Waals surface area (Å²) < 4.78 is 24.9. The molecule has 8 nitrogen and oxygen atoms in total. The number of hydrogen-bond donors (Lipinski definition) is 1. The summed E-state index contributed by atoms with van der Waals surface area (Å²) in [5, 5.41) is 15.6. The standard InChI is InChI=1S/C15H18N4O4S/c1-2-24(22,23)18-9-11(10-18)7-17-14-3-4-15(19(20)21)13-8-16-6-5-12(13)14/h3-6,8,11,17H,2,7,9-10H2,1H3. The Balaban J connectivity index is 1.72. The predicted octanol–water partition coefficient (Wildman–Crippen LogP) is 1.84. The lowest BCUT2D eigenvalue weighted by Gasteiger charge is -2.38. The molecule has 0 aliphatic carbocycles. The second-order valence-electron chi connectivity index (χ2n) is 5.78. The number of nitrogens with zero attached hydrogens (tertiary/aromatic N) is 3. The summed E-state index contributed by atoms with van der Waals surface area (Å²) in [7, 11) is -3.10. The van der Waals surface area contributed by atoms with Gasteiger partial charge in [-0.15, -0.1) is 0 Å². The number of rotatable bonds is 6. The Kier molecular flexibility index (Phi) is 4.37. The highest BCUT2D eigenvalue weighted by Gasteiger charge is 2.34. The van der Waals surface area contributed by atoms with Gasteiger partial charge >= 0.3 is 0 Å². The van der Waals surface area contributed by atoms with Gasteiger partial charge in [-0.2, -0.15) is 0 Å². The van der Waals surface area contributed by atoms with Gasteiger partial charge in [-0.1, -0.05) is 0 Å². The Morgan fingerprint density at radius 2 is 2.08 bits per heavy atom. The Labute approximate surface area is 139 Å². The van der Waals surface area contributed by atoms with Crippen molar-refractivity contribution in [2.24, 2.45) is 5.92 Å². The number of nitro groups is 1. The zero-order valence-electron chi connectivity index (χ0n) is 13.2. The molecule has 128 valence electrons. The second kappa shape index (κ2) is 6.33. The first-order valence-electron chi connectivity index (χ1n) is 7.65. The van der Waals surface area contributed by atoms with E-state index in [9.17, 15) is 18.5 Å². The highest BCUT2D eigenvalue weighted by molar-refractivity contribution is 7.89. The Morgan fingerprint density at radius 3 is 2.75 bits per heavy atom. The van der Waals surface area contributed by atoms with Crippen LogP contribution in [0.15, 0.2) is 30.6 Å². The first-order valence-corrected chi connectivity index (χ1v) is 9.26. The fraction of sp³-hybridized carbons (Fsp3) is 0.400. The summed E-state index contributed by atoms with van der Waals surface area (Å²) in [5.74, 6) is 0.353. The van der Waals surface area contributed by atoms with Crippen LogP contribution in [0.4, 0.5) is 11.4 Å². The quantitative estimate of drug-likeness (QED) is 0.629. The third kappa shape index (κ3) is 3.04. The zero-order valence-corrected chi connectivity index (χ0v) is 14.0. The maximum absolute atomic E-state index is 11.7. The van der Waals surface area contributed by atoms with Gasteiger partial charge in [-0.05, 0) is 19.1 Å². The molecular weight excluding hydrogens is 332 g/mol. The molecule has 0 amide bonds. The van der Waals surface area contributed by atoms with Crippen LogP contribution in [0.1, 0.15) is 6.92 Å². The number of non-ortho nitro benzene ring substituents is 1. The molecule has 9 heteroatoms. The van der Waals surface area contributed by atoms with Crippen molar-refractivity contribution in [1.29, 1.82) is 0 Å². The highest BCUT2D eigenvalue weighted by atomic mass is 32.2. The van der Waals surface area contributed by atoms with Crippen molar-refractivity contribution in [2.45, 2.75) is 6.92 Å². The molecule has 0 spiro atoms. The fourth-order valence-electron chi connectivity index (χ4n) is 2.80. The second-order valence-corrected chi connectivity index (χ2v) is 8.03. The third-order valence-corrected chi connectivity index (χ3v) is 6.07. The maximum atomic E-state index is 11.7. The number of pyridine rings is 1. The molecule has 0 unspecified atom stereocenters. The van der Waals surface area contributed by atoms with Crippen LogP contribution < -0.4 is 5.32 Å². The molecule has 0 atom stereocenters. The molecule has 1 aliphatic heterocycles. The Morgan fingerprint density at radius 1 is 1.33 bits per heavy atom. The van der Waals surface area contributed by atoms with Crippen molar-refractivity contribution in [2.75, 3.05) is 30.7 Å². The van der Waals surface area contributed by atoms with Crippen molar-refractivity contribution in [3.63, 3.8) is 0 Å². The number of aromatic nitrogens is 1. The van der Waals surface area contributed by atoms with E-state index in [-0.39, 0.29) is 17.4 Å². The Bertz CT molecular complexity index is 878. The van der Waals surface area contributed by atoms with Crippen LogP contribution in [0.3, 0.4) is 0 Å². The molecule has 2 aromatic rings. The first kappa shape index (κ1) is 16.6. The van der Waals surface area contributed by atoms with Crippen molar-refractivity contribution in [1.82, 2.24) is 9.29 Å². The van der Waals surface area contributed by atoms with E-state index in [0.29, 0.717) is 25.0 Å². The lowest BCUT2D eigenvalue weighted by atomic mass is 10.0. The average Bonchev–Trinajstić information content (AvgIpc) is 2.52. The number of fused-ring (bicyclic) bond motifs is 1. The van der Waals surface area contributed by atoms with Crippen LogP contribution >= 0.6 is 0 Å². The van der Waals surface area contributed by atoms with Gasteiger partial charge in [0.05, 0.1) is 16.1 Å². The van der Waals surface area contributed by atoms with Crippen LogP contribution in [-0.2, 0) is 10.0 Å². The monoisotopic (exact) mass is 350 g/mol. The molecule has 0 radical (unpaired) electrons. The molecule has 1 N–H and O–H groups in total. The smallest absolute Gasteiger partial charge is 0.278 e. The van der Waals surface area contributed by atoms with Gasteiger partial charge < -0.3 is 5.32 Å². The number of nitrogens with one attached hydrogen (secondary N) is 1. The molecule has 1 fully saturated rings.